The van der Waals surface area contributed by atoms with Crippen LogP contribution in [0.5, 0.6) is 0 Å². The second kappa shape index (κ2) is 25.3. The number of hydrogen-bond donors (Lipinski definition) is 16. The number of rotatable bonds is 20. The lowest BCUT2D eigenvalue weighted by atomic mass is 9.81. The summed E-state index contributed by atoms with van der Waals surface area (Å²) in [6.07, 6.45) is -25.5. The third kappa shape index (κ3) is 12.6. The fraction of sp³-hybridized carbons (Fsp3) is 0.907. The molecule has 5 saturated heterocycles. The summed E-state index contributed by atoms with van der Waals surface area (Å²) in [6.45, 7) is -0.808. The predicted octanol–water partition coefficient (Wildman–Crippen LogP) is -7.48. The normalized spacial score (nSPS) is 47.1. The van der Waals surface area contributed by atoms with Crippen LogP contribution in [0, 0.1) is 5.92 Å². The Hall–Kier alpha value is -1.50. The van der Waals surface area contributed by atoms with Crippen LogP contribution >= 0.6 is 23.2 Å². The lowest BCUT2D eigenvalue weighted by Gasteiger charge is -2.48. The highest BCUT2D eigenvalue weighted by Crippen LogP contribution is 2.39. The van der Waals surface area contributed by atoms with E-state index in [0.717, 1.165) is 0 Å². The van der Waals surface area contributed by atoms with Crippen LogP contribution in [-0.2, 0) is 50.9 Å². The van der Waals surface area contributed by atoms with Crippen LogP contribution in [0.3, 0.4) is 0 Å². The maximum absolute atomic E-state index is 11.3. The Morgan fingerprint density at radius 3 is 2.11 bits per heavy atom. The van der Waals surface area contributed by atoms with Crippen molar-refractivity contribution < 1.29 is 114 Å². The molecular formula is C43H70Cl2N4O23. The highest BCUT2D eigenvalue weighted by atomic mass is 35.5. The molecule has 1 aromatic rings. The number of hydrogen-bond acceptors (Lipinski definition) is 26. The summed E-state index contributed by atoms with van der Waals surface area (Å²) >= 11 is 12.2. The van der Waals surface area contributed by atoms with Crippen molar-refractivity contribution in [1.82, 2.24) is 20.3 Å². The zero-order valence-corrected chi connectivity index (χ0v) is 40.7. The maximum atomic E-state index is 11.3. The Balaban J connectivity index is 0.858. The lowest BCUT2D eigenvalue weighted by Crippen LogP contribution is -2.64. The summed E-state index contributed by atoms with van der Waals surface area (Å²) < 4.78 is 48.1. The van der Waals surface area contributed by atoms with Gasteiger partial charge in [0.2, 0.25) is 5.79 Å². The summed E-state index contributed by atoms with van der Waals surface area (Å²) in [7, 11) is 0. The largest absolute Gasteiger partial charge is 0.394 e. The zero-order valence-electron chi connectivity index (χ0n) is 39.1. The van der Waals surface area contributed by atoms with Crippen molar-refractivity contribution >= 4 is 23.2 Å². The molecule has 6 aliphatic rings. The van der Waals surface area contributed by atoms with Gasteiger partial charge < -0.3 is 120 Å². The maximum Gasteiger partial charge on any atom is 0.211 e. The molecule has 29 heteroatoms. The number of alkyl halides is 2. The van der Waals surface area contributed by atoms with Gasteiger partial charge in [0.25, 0.3) is 0 Å². The molecule has 0 aromatic carbocycles. The first-order valence-corrected chi connectivity index (χ1v) is 25.0. The van der Waals surface area contributed by atoms with E-state index >= 15 is 0 Å². The van der Waals surface area contributed by atoms with E-state index in [9.17, 15) is 76.6 Å². The van der Waals surface area contributed by atoms with Crippen LogP contribution in [0.4, 0.5) is 0 Å². The number of aromatic nitrogens is 3. The van der Waals surface area contributed by atoms with Crippen LogP contribution in [0.1, 0.15) is 38.3 Å². The second-order valence-electron chi connectivity index (χ2n) is 19.3. The Morgan fingerprint density at radius 2 is 1.43 bits per heavy atom. The summed E-state index contributed by atoms with van der Waals surface area (Å²) in [6, 6.07) is -1.47. The van der Waals surface area contributed by atoms with E-state index in [4.69, 9.17) is 61.1 Å². The van der Waals surface area contributed by atoms with Crippen LogP contribution in [0.15, 0.2) is 17.8 Å². The topological polar surface area (TPSA) is 420 Å². The highest BCUT2D eigenvalue weighted by Gasteiger charge is 2.55. The average Bonchev–Trinajstić information content (AvgIpc) is 3.95. The molecule has 27 nitrogen and oxygen atoms in total. The molecular weight excluding hydrogens is 1010 g/mol. The summed E-state index contributed by atoms with van der Waals surface area (Å²) in [4.78, 5) is 0. The molecule has 7 rings (SSSR count). The Kier molecular flexibility index (Phi) is 20.5. The Bertz CT molecular complexity index is 1880. The fourth-order valence-electron chi connectivity index (χ4n) is 10.2. The standard InChI is InChI=1S/C43H70Cl2N4O23/c1-16-21(46-22-5-17(11-50)30(56)34(60)32(22)58)8-23(54)24(66-16)7-20-25(12-51)67-41(36(62)31(20)57)70-39-27(14-53)69-40(38(64)35(39)61)65-4-2-3-18-9-49(48-47-18)10-19-6-28(55)43(15-44,71-19)72-42-37(63)33(59)29(45)26(13-52)68-42/h5,9,16,19-42,46,50-64H,2-4,6-8,10-15H2,1H3/t16?,19-,20?,21-,22-,23-,24?,25?,26+,27?,28-,29-,30+,31?,32-,33-,34-,35?,36?,37+,38?,39?,40?,41?,42+,43-/m0/s1. The molecule has 5 aliphatic heterocycles. The minimum absolute atomic E-state index is 0.0307. The molecule has 1 aliphatic carbocycles. The van der Waals surface area contributed by atoms with Crippen molar-refractivity contribution in [3.8, 4) is 0 Å². The first-order valence-electron chi connectivity index (χ1n) is 24.0. The Morgan fingerprint density at radius 1 is 0.764 bits per heavy atom. The van der Waals surface area contributed by atoms with Crippen molar-refractivity contribution in [3.05, 3.63) is 23.5 Å². The molecule has 0 bridgehead atoms. The smallest absolute Gasteiger partial charge is 0.211 e. The van der Waals surface area contributed by atoms with Gasteiger partial charge >= 0.3 is 0 Å². The van der Waals surface area contributed by atoms with E-state index in [1.165, 1.54) is 10.8 Å². The SMILES string of the molecule is CC1OC(CC2C(CO)OC(OC3C(CO)OC(OCCCc4cn(C[C@@H]5C[C@H](O)[C@](CCl)(O[C@H]6O[C@H](CO)[C@H](Cl)[C@H](O)[C@H]6O)O5)nn4)C(O)C3O)C(O)C2O)[C@@H](O)C[C@@H]1N[C@H]1C=C(CO)[C@@H](O)[C@H](O)[C@H]1O. The van der Waals surface area contributed by atoms with E-state index in [2.05, 4.69) is 15.6 Å². The van der Waals surface area contributed by atoms with Gasteiger partial charge in [-0.2, -0.15) is 0 Å². The number of aliphatic hydroxyl groups is 15. The van der Waals surface area contributed by atoms with Gasteiger partial charge in [0.15, 0.2) is 18.9 Å². The first-order chi connectivity index (χ1) is 34.3. The van der Waals surface area contributed by atoms with Gasteiger partial charge in [-0.05, 0) is 38.2 Å². The van der Waals surface area contributed by atoms with E-state index in [0.29, 0.717) is 18.5 Å². The lowest BCUT2D eigenvalue weighted by molar-refractivity contribution is -0.358. The van der Waals surface area contributed by atoms with Gasteiger partial charge in [-0.1, -0.05) is 11.3 Å². The summed E-state index contributed by atoms with van der Waals surface area (Å²) in [5.74, 6) is -3.26. The molecule has 16 N–H and O–H groups in total. The molecule has 12 unspecified atom stereocenters. The number of ether oxygens (including phenoxy) is 8. The number of halogens is 2. The zero-order chi connectivity index (χ0) is 52.3. The monoisotopic (exact) mass is 1080 g/mol. The Labute approximate surface area is 422 Å². The number of aliphatic hydroxyl groups excluding tert-OH is 15. The van der Waals surface area contributed by atoms with Gasteiger partial charge in [0, 0.05) is 24.6 Å². The highest BCUT2D eigenvalue weighted by molar-refractivity contribution is 6.21. The molecule has 5 fully saturated rings. The van der Waals surface area contributed by atoms with Crippen molar-refractivity contribution in [2.24, 2.45) is 5.92 Å². The van der Waals surface area contributed by atoms with Crippen molar-refractivity contribution in [1.29, 1.82) is 0 Å². The number of aryl methyl sites for hydroxylation is 1. The van der Waals surface area contributed by atoms with Gasteiger partial charge in [-0.15, -0.1) is 28.3 Å². The predicted molar refractivity (Wildman–Crippen MR) is 239 cm³/mol. The molecule has 0 spiro atoms. The molecule has 0 radical (unpaired) electrons. The summed E-state index contributed by atoms with van der Waals surface area (Å²) in [5.41, 5.74) is 0.633. The van der Waals surface area contributed by atoms with Crippen molar-refractivity contribution in [3.63, 3.8) is 0 Å². The van der Waals surface area contributed by atoms with Gasteiger partial charge in [0.05, 0.1) is 99.2 Å². The minimum atomic E-state index is -1.85. The first kappa shape index (κ1) is 58.2. The molecule has 0 saturated carbocycles. The molecule has 6 heterocycles. The van der Waals surface area contributed by atoms with E-state index in [-0.39, 0.29) is 38.0 Å². The number of nitrogens with one attached hydrogen (secondary N) is 1. The summed E-state index contributed by atoms with van der Waals surface area (Å²) in [5, 5.41) is 169. The van der Waals surface area contributed by atoms with Crippen LogP contribution in [-0.4, -0.2) is 282 Å². The second-order valence-corrected chi connectivity index (χ2v) is 20.1. The number of nitrogens with zero attached hydrogens (tertiary/aromatic N) is 3. The van der Waals surface area contributed by atoms with Crippen LogP contribution in [0.25, 0.3) is 0 Å². The van der Waals surface area contributed by atoms with Gasteiger partial charge in [-0.25, -0.2) is 4.68 Å². The van der Waals surface area contributed by atoms with Gasteiger partial charge in [0.1, 0.15) is 73.2 Å². The minimum Gasteiger partial charge on any atom is -0.394 e. The van der Waals surface area contributed by atoms with Crippen molar-refractivity contribution in [2.75, 3.05) is 38.9 Å². The van der Waals surface area contributed by atoms with E-state index in [1.807, 2.05) is 0 Å². The van der Waals surface area contributed by atoms with Gasteiger partial charge in [-0.3, -0.25) is 0 Å². The molecule has 72 heavy (non-hydrogen) atoms. The van der Waals surface area contributed by atoms with Crippen LogP contribution in [0.2, 0.25) is 0 Å². The third-order valence-electron chi connectivity index (χ3n) is 14.4. The quantitative estimate of drug-likeness (QED) is 0.0328. The molecule has 414 valence electrons. The molecule has 26 atom stereocenters. The van der Waals surface area contributed by atoms with E-state index < -0.39 is 190 Å². The average molecular weight is 1080 g/mol. The van der Waals surface area contributed by atoms with E-state index in [1.54, 1.807) is 13.1 Å². The van der Waals surface area contributed by atoms with Crippen molar-refractivity contribution in [2.45, 2.75) is 198 Å². The fourth-order valence-corrected chi connectivity index (χ4v) is 10.8. The third-order valence-corrected chi connectivity index (χ3v) is 15.3. The molecule has 1 aromatic heterocycles. The molecule has 0 amide bonds. The van der Waals surface area contributed by atoms with Crippen LogP contribution < -0.4 is 5.32 Å².